The topological polar surface area (TPSA) is 32.8 Å². The molecule has 0 fully saturated rings. The maximum absolute atomic E-state index is 11.1. The van der Waals surface area contributed by atoms with E-state index < -0.39 is 0 Å². The Labute approximate surface area is 93.6 Å². The molecular formula is C12H14NOS. The predicted octanol–water partition coefficient (Wildman–Crippen LogP) is 4.17. The minimum absolute atomic E-state index is 0.0490. The van der Waals surface area contributed by atoms with E-state index in [9.17, 15) is 5.11 Å². The van der Waals surface area contributed by atoms with Crippen LogP contribution in [0.1, 0.15) is 31.2 Å². The van der Waals surface area contributed by atoms with E-state index in [1.54, 1.807) is 23.5 Å². The first kappa shape index (κ1) is 10.4. The molecule has 15 heavy (non-hydrogen) atoms. The summed E-state index contributed by atoms with van der Waals surface area (Å²) in [4.78, 5) is 4.46. The standard InChI is InChI=1S/C12H14NOS/c1-2-3-4-5-12-13-10-8-9(14)6-7-11(10)15-12/h6-8H,2-5H2,1H3. The van der Waals surface area contributed by atoms with Crippen LogP contribution in [0.25, 0.3) is 10.2 Å². The Kier molecular flexibility index (Phi) is 3.21. The SMILES string of the molecule is CCCCCc1nc2cc([O])ccc2s1. The van der Waals surface area contributed by atoms with Crippen LogP contribution in [0.4, 0.5) is 0 Å². The average molecular weight is 220 g/mol. The molecule has 2 aromatic rings. The Morgan fingerprint density at radius 3 is 3.00 bits per heavy atom. The molecule has 1 aromatic heterocycles. The van der Waals surface area contributed by atoms with Crippen molar-refractivity contribution in [1.82, 2.24) is 4.98 Å². The molecule has 0 spiro atoms. The second-order valence-corrected chi connectivity index (χ2v) is 4.81. The highest BCUT2D eigenvalue weighted by Crippen LogP contribution is 2.26. The van der Waals surface area contributed by atoms with E-state index in [0.29, 0.717) is 0 Å². The molecule has 0 saturated heterocycles. The highest BCUT2D eigenvalue weighted by molar-refractivity contribution is 7.18. The summed E-state index contributed by atoms with van der Waals surface area (Å²) in [5, 5.41) is 12.3. The van der Waals surface area contributed by atoms with Crippen LogP contribution in [0.5, 0.6) is 5.75 Å². The number of rotatable bonds is 4. The van der Waals surface area contributed by atoms with Gasteiger partial charge in [0.1, 0.15) is 0 Å². The molecule has 0 aliphatic carbocycles. The highest BCUT2D eigenvalue weighted by Gasteiger charge is 2.04. The van der Waals surface area contributed by atoms with Crippen LogP contribution in [0.3, 0.4) is 0 Å². The lowest BCUT2D eigenvalue weighted by molar-refractivity contribution is 0.355. The van der Waals surface area contributed by atoms with Crippen molar-refractivity contribution in [3.05, 3.63) is 23.2 Å². The molecule has 0 bridgehead atoms. The van der Waals surface area contributed by atoms with Gasteiger partial charge in [0.25, 0.3) is 0 Å². The van der Waals surface area contributed by atoms with Crippen molar-refractivity contribution < 1.29 is 5.11 Å². The highest BCUT2D eigenvalue weighted by atomic mass is 32.1. The molecule has 79 valence electrons. The fourth-order valence-electron chi connectivity index (χ4n) is 1.59. The molecule has 0 saturated carbocycles. The molecule has 0 aliphatic rings. The van der Waals surface area contributed by atoms with E-state index in [0.717, 1.165) is 21.6 Å². The first-order valence-corrected chi connectivity index (χ1v) is 6.17. The Balaban J connectivity index is 2.16. The van der Waals surface area contributed by atoms with Gasteiger partial charge in [0, 0.05) is 6.07 Å². The maximum Gasteiger partial charge on any atom is 0.180 e. The van der Waals surface area contributed by atoms with E-state index in [4.69, 9.17) is 0 Å². The molecule has 3 heteroatoms. The van der Waals surface area contributed by atoms with Crippen molar-refractivity contribution in [2.24, 2.45) is 0 Å². The number of hydrogen-bond acceptors (Lipinski definition) is 2. The van der Waals surface area contributed by atoms with E-state index >= 15 is 0 Å². The summed E-state index contributed by atoms with van der Waals surface area (Å²) in [6.07, 6.45) is 4.72. The van der Waals surface area contributed by atoms with Gasteiger partial charge in [0.15, 0.2) is 5.75 Å². The van der Waals surface area contributed by atoms with Gasteiger partial charge in [-0.2, -0.15) is 0 Å². The van der Waals surface area contributed by atoms with Crippen molar-refractivity contribution in [3.63, 3.8) is 0 Å². The van der Waals surface area contributed by atoms with Crippen LogP contribution >= 0.6 is 11.3 Å². The zero-order chi connectivity index (χ0) is 10.7. The molecule has 0 atom stereocenters. The number of benzene rings is 1. The van der Waals surface area contributed by atoms with E-state index in [2.05, 4.69) is 11.9 Å². The van der Waals surface area contributed by atoms with Gasteiger partial charge in [0.05, 0.1) is 15.2 Å². The summed E-state index contributed by atoms with van der Waals surface area (Å²) < 4.78 is 1.13. The molecule has 0 aliphatic heterocycles. The number of fused-ring (bicyclic) bond motifs is 1. The summed E-state index contributed by atoms with van der Waals surface area (Å²) in [5.41, 5.74) is 0.860. The molecule has 0 amide bonds. The summed E-state index contributed by atoms with van der Waals surface area (Å²) >= 11 is 1.71. The van der Waals surface area contributed by atoms with Gasteiger partial charge < -0.3 is 0 Å². The molecule has 2 rings (SSSR count). The molecular weight excluding hydrogens is 206 g/mol. The van der Waals surface area contributed by atoms with Gasteiger partial charge in [-0.15, -0.1) is 11.3 Å². The third-order valence-electron chi connectivity index (χ3n) is 2.40. The largest absolute Gasteiger partial charge is 0.290 e. The smallest absolute Gasteiger partial charge is 0.180 e. The van der Waals surface area contributed by atoms with E-state index in [-0.39, 0.29) is 5.75 Å². The number of hydrogen-bond donors (Lipinski definition) is 0. The Morgan fingerprint density at radius 1 is 1.33 bits per heavy atom. The minimum atomic E-state index is 0.0490. The fraction of sp³-hybridized carbons (Fsp3) is 0.417. The summed E-state index contributed by atoms with van der Waals surface area (Å²) in [5.74, 6) is 0.0490. The molecule has 0 unspecified atom stereocenters. The summed E-state index contributed by atoms with van der Waals surface area (Å²) in [7, 11) is 0. The van der Waals surface area contributed by atoms with Crippen molar-refractivity contribution in [1.29, 1.82) is 0 Å². The number of nitrogens with zero attached hydrogens (tertiary/aromatic N) is 1. The molecule has 0 N–H and O–H groups in total. The number of unbranched alkanes of at least 4 members (excludes halogenated alkanes) is 2. The number of thiazole rings is 1. The lowest BCUT2D eigenvalue weighted by Crippen LogP contribution is -1.82. The van der Waals surface area contributed by atoms with Crippen LogP contribution < -0.4 is 0 Å². The first-order valence-electron chi connectivity index (χ1n) is 5.36. The van der Waals surface area contributed by atoms with Crippen LogP contribution in [0.2, 0.25) is 0 Å². The maximum atomic E-state index is 11.1. The quantitative estimate of drug-likeness (QED) is 0.712. The normalized spacial score (nSPS) is 11.0. The van der Waals surface area contributed by atoms with E-state index in [1.165, 1.54) is 19.3 Å². The fourth-order valence-corrected chi connectivity index (χ4v) is 2.58. The van der Waals surface area contributed by atoms with Crippen molar-refractivity contribution in [2.75, 3.05) is 0 Å². The molecule has 1 aromatic carbocycles. The predicted molar refractivity (Wildman–Crippen MR) is 63.0 cm³/mol. The van der Waals surface area contributed by atoms with Crippen molar-refractivity contribution in [3.8, 4) is 5.75 Å². The van der Waals surface area contributed by atoms with Gasteiger partial charge in [0.2, 0.25) is 0 Å². The van der Waals surface area contributed by atoms with Gasteiger partial charge in [-0.05, 0) is 25.0 Å². The number of aryl methyl sites for hydroxylation is 1. The Hall–Kier alpha value is -1.09. The van der Waals surface area contributed by atoms with E-state index in [1.807, 2.05) is 6.07 Å². The lowest BCUT2D eigenvalue weighted by atomic mass is 10.2. The van der Waals surface area contributed by atoms with Gasteiger partial charge >= 0.3 is 0 Å². The van der Waals surface area contributed by atoms with Gasteiger partial charge in [-0.1, -0.05) is 19.8 Å². The Bertz CT molecular complexity index is 450. The second kappa shape index (κ2) is 4.62. The zero-order valence-corrected chi connectivity index (χ0v) is 9.64. The van der Waals surface area contributed by atoms with Crippen LogP contribution in [0, 0.1) is 0 Å². The molecule has 2 nitrogen and oxygen atoms in total. The monoisotopic (exact) mass is 220 g/mol. The second-order valence-electron chi connectivity index (χ2n) is 3.69. The van der Waals surface area contributed by atoms with Crippen molar-refractivity contribution in [2.45, 2.75) is 32.6 Å². The van der Waals surface area contributed by atoms with Gasteiger partial charge in [-0.3, -0.25) is 5.11 Å². The Morgan fingerprint density at radius 2 is 2.20 bits per heavy atom. The zero-order valence-electron chi connectivity index (χ0n) is 8.82. The van der Waals surface area contributed by atoms with Gasteiger partial charge in [-0.25, -0.2) is 4.98 Å². The van der Waals surface area contributed by atoms with Crippen LogP contribution in [0.15, 0.2) is 18.2 Å². The van der Waals surface area contributed by atoms with Crippen molar-refractivity contribution >= 4 is 21.6 Å². The summed E-state index contributed by atoms with van der Waals surface area (Å²) in [6, 6.07) is 5.10. The number of aromatic nitrogens is 1. The summed E-state index contributed by atoms with van der Waals surface area (Å²) in [6.45, 7) is 2.20. The van der Waals surface area contributed by atoms with Crippen LogP contribution in [-0.2, 0) is 11.5 Å². The molecule has 1 radical (unpaired) electrons. The van der Waals surface area contributed by atoms with Crippen LogP contribution in [-0.4, -0.2) is 4.98 Å². The first-order chi connectivity index (χ1) is 7.29. The molecule has 1 heterocycles. The minimum Gasteiger partial charge on any atom is -0.290 e. The average Bonchev–Trinajstić information content (AvgIpc) is 2.60. The third-order valence-corrected chi connectivity index (χ3v) is 3.49. The lowest BCUT2D eigenvalue weighted by Gasteiger charge is -1.92. The third kappa shape index (κ3) is 2.48.